The minimum absolute atomic E-state index is 0.346. The largest absolute Gasteiger partial charge is 0.463 e. The van der Waals surface area contributed by atoms with Gasteiger partial charge in [-0.15, -0.1) is 0 Å². The van der Waals surface area contributed by atoms with Gasteiger partial charge < -0.3 is 9.47 Å². The van der Waals surface area contributed by atoms with E-state index in [1.807, 2.05) is 0 Å². The predicted octanol–water partition coefficient (Wildman–Crippen LogP) is 1.53. The molecule has 0 rings (SSSR count). The van der Waals surface area contributed by atoms with Gasteiger partial charge in [-0.1, -0.05) is 6.58 Å². The molecule has 0 aliphatic carbocycles. The number of hydrogen-bond acceptors (Lipinski definition) is 3. The summed E-state index contributed by atoms with van der Waals surface area (Å²) >= 11 is 0. The van der Waals surface area contributed by atoms with Crippen LogP contribution in [0.3, 0.4) is 0 Å². The van der Waals surface area contributed by atoms with Crippen LogP contribution in [0.4, 0.5) is 0 Å². The van der Waals surface area contributed by atoms with Crippen LogP contribution in [0.2, 0.25) is 0 Å². The Morgan fingerprint density at radius 1 is 1.33 bits per heavy atom. The number of rotatable bonds is 7. The Hall–Kier alpha value is -0.830. The molecule has 0 aromatic heterocycles. The summed E-state index contributed by atoms with van der Waals surface area (Å²) in [7, 11) is 1.68. The summed E-state index contributed by atoms with van der Waals surface area (Å²) in [5.74, 6) is -0.346. The van der Waals surface area contributed by atoms with Crippen molar-refractivity contribution in [1.82, 2.24) is 0 Å². The molecule has 0 radical (unpaired) electrons. The maximum Gasteiger partial charge on any atom is 0.330 e. The van der Waals surface area contributed by atoms with Crippen LogP contribution in [0.1, 0.15) is 19.3 Å². The van der Waals surface area contributed by atoms with Crippen molar-refractivity contribution in [1.29, 1.82) is 0 Å². The highest BCUT2D eigenvalue weighted by Crippen LogP contribution is 1.96. The minimum Gasteiger partial charge on any atom is -0.463 e. The first-order valence-corrected chi connectivity index (χ1v) is 4.09. The standard InChI is InChI=1S/C9H16O3/c1-3-9(10)12-8-6-4-5-7-11-2/h3H,1,4-8H2,2H3. The number of carbonyl (C=O) groups excluding carboxylic acids is 1. The smallest absolute Gasteiger partial charge is 0.330 e. The quantitative estimate of drug-likeness (QED) is 0.332. The van der Waals surface area contributed by atoms with E-state index in [0.717, 1.165) is 25.9 Å². The van der Waals surface area contributed by atoms with E-state index < -0.39 is 0 Å². The molecule has 0 aromatic rings. The van der Waals surface area contributed by atoms with Gasteiger partial charge in [-0.05, 0) is 19.3 Å². The van der Waals surface area contributed by atoms with Gasteiger partial charge in [-0.2, -0.15) is 0 Å². The predicted molar refractivity (Wildman–Crippen MR) is 46.9 cm³/mol. The third-order valence-corrected chi connectivity index (χ3v) is 1.40. The van der Waals surface area contributed by atoms with Crippen molar-refractivity contribution in [3.63, 3.8) is 0 Å². The van der Waals surface area contributed by atoms with Crippen LogP contribution in [0.5, 0.6) is 0 Å². The molecule has 0 aromatic carbocycles. The molecule has 12 heavy (non-hydrogen) atoms. The number of hydrogen-bond donors (Lipinski definition) is 0. The third kappa shape index (κ3) is 7.28. The second-order valence-electron chi connectivity index (χ2n) is 2.43. The number of esters is 1. The van der Waals surface area contributed by atoms with Gasteiger partial charge in [0, 0.05) is 19.8 Å². The lowest BCUT2D eigenvalue weighted by Gasteiger charge is -2.01. The summed E-state index contributed by atoms with van der Waals surface area (Å²) in [5.41, 5.74) is 0. The molecule has 0 saturated heterocycles. The second kappa shape index (κ2) is 8.27. The van der Waals surface area contributed by atoms with E-state index in [4.69, 9.17) is 9.47 Å². The van der Waals surface area contributed by atoms with E-state index in [1.165, 1.54) is 6.08 Å². The van der Waals surface area contributed by atoms with Crippen molar-refractivity contribution in [3.8, 4) is 0 Å². The average Bonchev–Trinajstić information content (AvgIpc) is 2.10. The van der Waals surface area contributed by atoms with Crippen LogP contribution < -0.4 is 0 Å². The summed E-state index contributed by atoms with van der Waals surface area (Å²) in [6.45, 7) is 4.55. The fraction of sp³-hybridized carbons (Fsp3) is 0.667. The Kier molecular flexibility index (Phi) is 7.70. The number of carbonyl (C=O) groups is 1. The Morgan fingerprint density at radius 2 is 2.00 bits per heavy atom. The minimum atomic E-state index is -0.346. The molecular formula is C9H16O3. The van der Waals surface area contributed by atoms with Gasteiger partial charge in [0.25, 0.3) is 0 Å². The van der Waals surface area contributed by atoms with Gasteiger partial charge in [-0.25, -0.2) is 4.79 Å². The van der Waals surface area contributed by atoms with Crippen molar-refractivity contribution in [2.75, 3.05) is 20.3 Å². The molecule has 0 spiro atoms. The maximum atomic E-state index is 10.5. The molecule has 0 heterocycles. The molecule has 0 aliphatic rings. The van der Waals surface area contributed by atoms with Crippen LogP contribution >= 0.6 is 0 Å². The monoisotopic (exact) mass is 172 g/mol. The van der Waals surface area contributed by atoms with Gasteiger partial charge in [-0.3, -0.25) is 0 Å². The molecule has 70 valence electrons. The molecule has 0 saturated carbocycles. The first-order chi connectivity index (χ1) is 5.81. The van der Waals surface area contributed by atoms with E-state index in [2.05, 4.69) is 6.58 Å². The van der Waals surface area contributed by atoms with Gasteiger partial charge in [0.15, 0.2) is 0 Å². The molecule has 0 fully saturated rings. The molecule has 3 heteroatoms. The van der Waals surface area contributed by atoms with E-state index in [9.17, 15) is 4.79 Å². The third-order valence-electron chi connectivity index (χ3n) is 1.40. The highest BCUT2D eigenvalue weighted by molar-refractivity contribution is 5.81. The fourth-order valence-electron chi connectivity index (χ4n) is 0.757. The van der Waals surface area contributed by atoms with Crippen LogP contribution in [0, 0.1) is 0 Å². The van der Waals surface area contributed by atoms with Crippen molar-refractivity contribution in [2.45, 2.75) is 19.3 Å². The van der Waals surface area contributed by atoms with E-state index in [0.29, 0.717) is 6.61 Å². The molecule has 0 unspecified atom stereocenters. The van der Waals surface area contributed by atoms with Crippen LogP contribution in [-0.2, 0) is 14.3 Å². The molecular weight excluding hydrogens is 156 g/mol. The number of unbranched alkanes of at least 4 members (excludes halogenated alkanes) is 2. The Labute approximate surface area is 73.4 Å². The van der Waals surface area contributed by atoms with E-state index in [-0.39, 0.29) is 5.97 Å². The molecule has 0 atom stereocenters. The first kappa shape index (κ1) is 11.2. The highest BCUT2D eigenvalue weighted by Gasteiger charge is 1.94. The second-order valence-corrected chi connectivity index (χ2v) is 2.43. The lowest BCUT2D eigenvalue weighted by Crippen LogP contribution is -2.02. The Bertz CT molecular complexity index is 132. The molecule has 0 bridgehead atoms. The fourth-order valence-corrected chi connectivity index (χ4v) is 0.757. The van der Waals surface area contributed by atoms with Crippen molar-refractivity contribution < 1.29 is 14.3 Å². The van der Waals surface area contributed by atoms with Crippen LogP contribution in [0.15, 0.2) is 12.7 Å². The molecule has 0 aliphatic heterocycles. The van der Waals surface area contributed by atoms with E-state index >= 15 is 0 Å². The highest BCUT2D eigenvalue weighted by atomic mass is 16.5. The first-order valence-electron chi connectivity index (χ1n) is 4.09. The Morgan fingerprint density at radius 3 is 2.58 bits per heavy atom. The summed E-state index contributed by atoms with van der Waals surface area (Å²) < 4.78 is 9.64. The summed E-state index contributed by atoms with van der Waals surface area (Å²) in [4.78, 5) is 10.5. The molecule has 3 nitrogen and oxygen atoms in total. The summed E-state index contributed by atoms with van der Waals surface area (Å²) in [5, 5.41) is 0. The van der Waals surface area contributed by atoms with Crippen molar-refractivity contribution in [2.24, 2.45) is 0 Å². The zero-order chi connectivity index (χ0) is 9.23. The lowest BCUT2D eigenvalue weighted by atomic mass is 10.2. The number of methoxy groups -OCH3 is 1. The number of ether oxygens (including phenoxy) is 2. The van der Waals surface area contributed by atoms with Crippen LogP contribution in [-0.4, -0.2) is 26.3 Å². The van der Waals surface area contributed by atoms with Gasteiger partial charge in [0.05, 0.1) is 6.61 Å². The van der Waals surface area contributed by atoms with Crippen LogP contribution in [0.25, 0.3) is 0 Å². The van der Waals surface area contributed by atoms with Gasteiger partial charge in [0.1, 0.15) is 0 Å². The summed E-state index contributed by atoms with van der Waals surface area (Å²) in [6, 6.07) is 0. The van der Waals surface area contributed by atoms with E-state index in [1.54, 1.807) is 7.11 Å². The topological polar surface area (TPSA) is 35.5 Å². The normalized spacial score (nSPS) is 9.42. The SMILES string of the molecule is C=CC(=O)OCCCCCOC. The Balaban J connectivity index is 3.00. The molecule has 0 amide bonds. The zero-order valence-corrected chi connectivity index (χ0v) is 7.54. The maximum absolute atomic E-state index is 10.5. The molecule has 0 N–H and O–H groups in total. The zero-order valence-electron chi connectivity index (χ0n) is 7.54. The van der Waals surface area contributed by atoms with Crippen molar-refractivity contribution in [3.05, 3.63) is 12.7 Å². The lowest BCUT2D eigenvalue weighted by molar-refractivity contribution is -0.137. The van der Waals surface area contributed by atoms with Crippen molar-refractivity contribution >= 4 is 5.97 Å². The summed E-state index contributed by atoms with van der Waals surface area (Å²) in [6.07, 6.45) is 4.11. The van der Waals surface area contributed by atoms with Gasteiger partial charge in [0.2, 0.25) is 0 Å². The van der Waals surface area contributed by atoms with Gasteiger partial charge >= 0.3 is 5.97 Å². The average molecular weight is 172 g/mol.